The molecule has 0 bridgehead atoms. The van der Waals surface area contributed by atoms with E-state index in [2.05, 4.69) is 15.4 Å². The van der Waals surface area contributed by atoms with Gasteiger partial charge in [0.05, 0.1) is 12.1 Å². The number of carboxylic acid groups (broad SMARTS) is 1. The van der Waals surface area contributed by atoms with Gasteiger partial charge in [-0.2, -0.15) is 0 Å². The summed E-state index contributed by atoms with van der Waals surface area (Å²) in [5.74, 6) is -2.66. The van der Waals surface area contributed by atoms with E-state index in [1.165, 1.54) is 0 Å². The van der Waals surface area contributed by atoms with E-state index in [1.54, 1.807) is 0 Å². The molecule has 4 N–H and O–H groups in total. The molecule has 9 nitrogen and oxygen atoms in total. The largest absolute Gasteiger partial charge is 0.829 e. The van der Waals surface area contributed by atoms with Crippen LogP contribution < -0.4 is 15.7 Å². The van der Waals surface area contributed by atoms with Crippen molar-refractivity contribution in [3.63, 3.8) is 0 Å². The number of ether oxygens (including phenoxy) is 1. The molecule has 0 aromatic carbocycles. The van der Waals surface area contributed by atoms with Gasteiger partial charge < -0.3 is 30.7 Å². The minimum Gasteiger partial charge on any atom is -0.829 e. The third-order valence-corrected chi connectivity index (χ3v) is 2.62. The molecule has 2 amide bonds. The number of aliphatic carboxylic acids is 1. The van der Waals surface area contributed by atoms with E-state index in [0.717, 1.165) is 13.8 Å². The van der Waals surface area contributed by atoms with Crippen molar-refractivity contribution in [1.82, 2.24) is 10.6 Å². The number of aliphatic hydroxyl groups is 1. The Hall–Kier alpha value is -1.71. The van der Waals surface area contributed by atoms with Crippen molar-refractivity contribution in [2.24, 2.45) is 0 Å². The predicted molar refractivity (Wildman–Crippen MR) is 57.5 cm³/mol. The molecule has 0 aromatic rings. The highest BCUT2D eigenvalue weighted by atomic mass is 16.6. The molecule has 1 fully saturated rings. The minimum atomic E-state index is -1.91. The zero-order valence-electron chi connectivity index (χ0n) is 10.3. The second-order valence-electron chi connectivity index (χ2n) is 4.21. The molecule has 9 heteroatoms. The van der Waals surface area contributed by atoms with Gasteiger partial charge in [-0.05, 0) is 0 Å². The van der Waals surface area contributed by atoms with Crippen molar-refractivity contribution in [2.45, 2.75) is 44.4 Å². The molecule has 0 aromatic heterocycles. The van der Waals surface area contributed by atoms with Crippen molar-refractivity contribution >= 4 is 17.8 Å². The van der Waals surface area contributed by atoms with Crippen molar-refractivity contribution in [1.29, 1.82) is 0 Å². The number of carbonyl (C=O) groups excluding carboxylic acids is 2. The van der Waals surface area contributed by atoms with Gasteiger partial charge in [0.25, 0.3) is 0 Å². The van der Waals surface area contributed by atoms with Gasteiger partial charge in [-0.25, -0.2) is 4.79 Å². The van der Waals surface area contributed by atoms with Crippen LogP contribution in [0.1, 0.15) is 13.8 Å². The highest BCUT2D eigenvalue weighted by molar-refractivity contribution is 5.77. The van der Waals surface area contributed by atoms with E-state index in [9.17, 15) is 24.6 Å². The van der Waals surface area contributed by atoms with Crippen LogP contribution >= 0.6 is 0 Å². The van der Waals surface area contributed by atoms with Crippen molar-refractivity contribution < 1.29 is 34.4 Å². The van der Waals surface area contributed by atoms with Crippen LogP contribution in [0.4, 0.5) is 0 Å². The Morgan fingerprint density at radius 2 is 1.58 bits per heavy atom. The van der Waals surface area contributed by atoms with E-state index in [0.29, 0.717) is 0 Å². The van der Waals surface area contributed by atoms with Crippen molar-refractivity contribution in [3.8, 4) is 0 Å². The average molecular weight is 275 g/mol. The van der Waals surface area contributed by atoms with Gasteiger partial charge in [-0.15, -0.1) is 0 Å². The molecule has 0 aliphatic carbocycles. The van der Waals surface area contributed by atoms with Crippen molar-refractivity contribution in [2.75, 3.05) is 0 Å². The summed E-state index contributed by atoms with van der Waals surface area (Å²) in [4.78, 5) is 32.9. The van der Waals surface area contributed by atoms with Crippen LogP contribution in [0, 0.1) is 0 Å². The number of aliphatic hydroxyl groups excluding tert-OH is 1. The van der Waals surface area contributed by atoms with Gasteiger partial charge >= 0.3 is 5.97 Å². The van der Waals surface area contributed by atoms with E-state index >= 15 is 0 Å². The number of hydrogen-bond acceptors (Lipinski definition) is 6. The molecule has 108 valence electrons. The standard InChI is InChI=1S/C10H15N2O7/c1-3(13)11-5-6(12-4(2)14)10(18)19-8(7(5)15)9(16)17/h5-8,10,15H,1-2H3,(H,11,13)(H,12,14)(H,16,17)/q-1/t5-,6+,7+,8+,10+/m1/s1. The van der Waals surface area contributed by atoms with Crippen LogP contribution in [-0.4, -0.2) is 58.6 Å². The first-order chi connectivity index (χ1) is 8.73. The Labute approximate surface area is 108 Å². The number of amides is 2. The average Bonchev–Trinajstić information content (AvgIpc) is 2.26. The molecule has 5 atom stereocenters. The maximum absolute atomic E-state index is 11.7. The molecular weight excluding hydrogens is 260 g/mol. The van der Waals surface area contributed by atoms with E-state index < -0.39 is 48.4 Å². The summed E-state index contributed by atoms with van der Waals surface area (Å²) in [6.45, 7) is 2.29. The molecular formula is C10H15N2O7-. The van der Waals surface area contributed by atoms with Crippen molar-refractivity contribution in [3.05, 3.63) is 0 Å². The summed E-state index contributed by atoms with van der Waals surface area (Å²) in [5, 5.41) is 34.9. The number of carboxylic acids is 1. The Bertz CT molecular complexity index is 386. The topological polar surface area (TPSA) is 148 Å². The third-order valence-electron chi connectivity index (χ3n) is 2.62. The maximum Gasteiger partial charge on any atom is 0.335 e. The van der Waals surface area contributed by atoms with Crippen LogP contribution in [0.15, 0.2) is 0 Å². The van der Waals surface area contributed by atoms with Gasteiger partial charge in [0.2, 0.25) is 11.8 Å². The summed E-state index contributed by atoms with van der Waals surface area (Å²) < 4.78 is 4.61. The van der Waals surface area contributed by atoms with Gasteiger partial charge in [0.1, 0.15) is 6.10 Å². The molecule has 1 saturated heterocycles. The molecule has 0 unspecified atom stereocenters. The van der Waals surface area contributed by atoms with Crippen LogP contribution in [-0.2, 0) is 19.1 Å². The molecule has 1 rings (SSSR count). The van der Waals surface area contributed by atoms with Gasteiger partial charge in [0, 0.05) is 20.1 Å². The third kappa shape index (κ3) is 3.63. The predicted octanol–water partition coefficient (Wildman–Crippen LogP) is -3.47. The fourth-order valence-electron chi connectivity index (χ4n) is 1.89. The Morgan fingerprint density at radius 3 is 2.00 bits per heavy atom. The van der Waals surface area contributed by atoms with Crippen LogP contribution in [0.5, 0.6) is 0 Å². The van der Waals surface area contributed by atoms with E-state index in [4.69, 9.17) is 5.11 Å². The minimum absolute atomic E-state index is 0.564. The maximum atomic E-state index is 11.7. The Morgan fingerprint density at radius 1 is 1.11 bits per heavy atom. The second-order valence-corrected chi connectivity index (χ2v) is 4.21. The Kier molecular flexibility index (Phi) is 4.81. The monoisotopic (exact) mass is 275 g/mol. The van der Waals surface area contributed by atoms with E-state index in [-0.39, 0.29) is 0 Å². The molecule has 1 heterocycles. The summed E-state index contributed by atoms with van der Waals surface area (Å²) in [5.41, 5.74) is 0. The lowest BCUT2D eigenvalue weighted by atomic mass is 9.93. The fourth-order valence-corrected chi connectivity index (χ4v) is 1.89. The number of rotatable bonds is 3. The first kappa shape index (κ1) is 15.3. The fraction of sp³-hybridized carbons (Fsp3) is 0.700. The lowest BCUT2D eigenvalue weighted by molar-refractivity contribution is -0.512. The highest BCUT2D eigenvalue weighted by Crippen LogP contribution is 2.19. The number of nitrogens with one attached hydrogen (secondary N) is 2. The zero-order valence-corrected chi connectivity index (χ0v) is 10.3. The first-order valence-electron chi connectivity index (χ1n) is 5.50. The quantitative estimate of drug-likeness (QED) is 0.418. The molecule has 1 aliphatic heterocycles. The normalized spacial score (nSPS) is 34.4. The van der Waals surface area contributed by atoms with Gasteiger partial charge in [0.15, 0.2) is 6.10 Å². The second kappa shape index (κ2) is 5.95. The molecule has 1 aliphatic rings. The lowest BCUT2D eigenvalue weighted by Crippen LogP contribution is -2.72. The Balaban J connectivity index is 2.98. The SMILES string of the molecule is CC(=O)N[C@H]1[C@H](O)[C@@H](C(=O)O)O[C@H]([O-])[C@H]1NC(C)=O. The van der Waals surface area contributed by atoms with Crippen LogP contribution in [0.3, 0.4) is 0 Å². The summed E-state index contributed by atoms with van der Waals surface area (Å²) in [7, 11) is 0. The van der Waals surface area contributed by atoms with Crippen LogP contribution in [0.25, 0.3) is 0 Å². The highest BCUT2D eigenvalue weighted by Gasteiger charge is 2.45. The number of carbonyl (C=O) groups is 3. The lowest BCUT2D eigenvalue weighted by Gasteiger charge is -2.47. The number of hydrogen-bond donors (Lipinski definition) is 4. The molecule has 0 spiro atoms. The van der Waals surface area contributed by atoms with Crippen LogP contribution in [0.2, 0.25) is 0 Å². The summed E-state index contributed by atoms with van der Waals surface area (Å²) >= 11 is 0. The van der Waals surface area contributed by atoms with Gasteiger partial charge in [-0.1, -0.05) is 0 Å². The summed E-state index contributed by atoms with van der Waals surface area (Å²) in [6.07, 6.45) is -5.32. The molecule has 0 saturated carbocycles. The van der Waals surface area contributed by atoms with E-state index in [1.807, 2.05) is 0 Å². The first-order valence-corrected chi connectivity index (χ1v) is 5.50. The van der Waals surface area contributed by atoms with Gasteiger partial charge in [-0.3, -0.25) is 9.59 Å². The summed E-state index contributed by atoms with van der Waals surface area (Å²) in [6, 6.07) is -2.49. The zero-order chi connectivity index (χ0) is 14.7. The molecule has 0 radical (unpaired) electrons. The molecule has 19 heavy (non-hydrogen) atoms. The smallest absolute Gasteiger partial charge is 0.335 e.